The molecular weight excluding hydrogens is 491 g/mol. The number of carbonyl (C=O) groups excluding carboxylic acids is 1. The molecule has 0 saturated heterocycles. The van der Waals surface area contributed by atoms with Gasteiger partial charge in [0.1, 0.15) is 23.1 Å². The fraction of sp³-hybridized carbons (Fsp3) is 0.250. The van der Waals surface area contributed by atoms with E-state index in [1.165, 1.54) is 23.9 Å². The number of halogens is 1. The van der Waals surface area contributed by atoms with E-state index in [1.807, 2.05) is 59.2 Å². The molecule has 0 aliphatic heterocycles. The molecule has 1 amide bonds. The molecule has 0 radical (unpaired) electrons. The standard InChI is InChI=1S/C28H29FN4O3S/c1-35-24-12-6-11-23(17-24)33-26(31-32-28(33)37-19-20-8-5-10-22(29)16-20)14-7-15-27(34)30-18-21-9-3-4-13-25(21)36-2/h3-6,8-13,16-17H,7,14-15,18-19H2,1-2H3,(H,30,34). The van der Waals surface area contributed by atoms with Crippen LogP contribution in [0.5, 0.6) is 11.5 Å². The summed E-state index contributed by atoms with van der Waals surface area (Å²) in [6.07, 6.45) is 1.52. The highest BCUT2D eigenvalue weighted by atomic mass is 32.2. The number of rotatable bonds is 12. The van der Waals surface area contributed by atoms with E-state index >= 15 is 0 Å². The highest BCUT2D eigenvalue weighted by Crippen LogP contribution is 2.28. The van der Waals surface area contributed by atoms with Gasteiger partial charge in [0.05, 0.1) is 19.9 Å². The molecule has 4 rings (SSSR count). The van der Waals surface area contributed by atoms with E-state index in [-0.39, 0.29) is 11.7 Å². The van der Waals surface area contributed by atoms with E-state index in [0.717, 1.165) is 28.4 Å². The van der Waals surface area contributed by atoms with Crippen LogP contribution in [0, 0.1) is 5.82 Å². The number of hydrogen-bond donors (Lipinski definition) is 1. The number of carbonyl (C=O) groups is 1. The monoisotopic (exact) mass is 520 g/mol. The first-order valence-corrected chi connectivity index (χ1v) is 12.9. The third kappa shape index (κ3) is 7.10. The zero-order valence-corrected chi connectivity index (χ0v) is 21.6. The summed E-state index contributed by atoms with van der Waals surface area (Å²) in [5.74, 6) is 2.45. The molecule has 0 aliphatic rings. The van der Waals surface area contributed by atoms with Crippen molar-refractivity contribution in [1.29, 1.82) is 0 Å². The molecule has 4 aromatic rings. The Hall–Kier alpha value is -3.85. The third-order valence-corrected chi connectivity index (χ3v) is 6.74. The number of benzene rings is 3. The van der Waals surface area contributed by atoms with Gasteiger partial charge in [-0.2, -0.15) is 0 Å². The number of para-hydroxylation sites is 1. The quantitative estimate of drug-likeness (QED) is 0.254. The molecule has 0 aliphatic carbocycles. The van der Waals surface area contributed by atoms with Crippen molar-refractivity contribution < 1.29 is 18.7 Å². The maximum Gasteiger partial charge on any atom is 0.220 e. The number of aryl methyl sites for hydroxylation is 1. The second-order valence-corrected chi connectivity index (χ2v) is 9.24. The zero-order chi connectivity index (χ0) is 26.0. The minimum Gasteiger partial charge on any atom is -0.497 e. The Morgan fingerprint density at radius 3 is 2.65 bits per heavy atom. The summed E-state index contributed by atoms with van der Waals surface area (Å²) in [5.41, 5.74) is 2.65. The predicted octanol–water partition coefficient (Wildman–Crippen LogP) is 5.36. The Labute approximate surface area is 220 Å². The minimum atomic E-state index is -0.267. The van der Waals surface area contributed by atoms with Gasteiger partial charge in [-0.15, -0.1) is 10.2 Å². The molecule has 0 spiro atoms. The van der Waals surface area contributed by atoms with Crippen LogP contribution in [0.2, 0.25) is 0 Å². The molecule has 1 aromatic heterocycles. The predicted molar refractivity (Wildman–Crippen MR) is 142 cm³/mol. The van der Waals surface area contributed by atoms with Gasteiger partial charge in [-0.25, -0.2) is 4.39 Å². The third-order valence-electron chi connectivity index (χ3n) is 5.74. The van der Waals surface area contributed by atoms with Crippen LogP contribution in [0.25, 0.3) is 5.69 Å². The first-order chi connectivity index (χ1) is 18.1. The highest BCUT2D eigenvalue weighted by Gasteiger charge is 2.16. The normalized spacial score (nSPS) is 10.8. The molecule has 3 aromatic carbocycles. The van der Waals surface area contributed by atoms with Crippen molar-refractivity contribution in [3.8, 4) is 17.2 Å². The van der Waals surface area contributed by atoms with Crippen LogP contribution in [0.3, 0.4) is 0 Å². The van der Waals surface area contributed by atoms with Gasteiger partial charge < -0.3 is 14.8 Å². The highest BCUT2D eigenvalue weighted by molar-refractivity contribution is 7.98. The SMILES string of the molecule is COc1cccc(-n2c(CCCC(=O)NCc3ccccc3OC)nnc2SCc2cccc(F)c2)c1. The lowest BCUT2D eigenvalue weighted by atomic mass is 10.2. The fourth-order valence-electron chi connectivity index (χ4n) is 3.88. The Balaban J connectivity index is 1.43. The average Bonchev–Trinajstić information content (AvgIpc) is 3.33. The fourth-order valence-corrected chi connectivity index (χ4v) is 4.79. The van der Waals surface area contributed by atoms with Gasteiger partial charge in [-0.05, 0) is 42.3 Å². The molecule has 192 valence electrons. The van der Waals surface area contributed by atoms with Crippen LogP contribution in [0.15, 0.2) is 78.0 Å². The first kappa shape index (κ1) is 26.2. The number of aromatic nitrogens is 3. The van der Waals surface area contributed by atoms with Crippen molar-refractivity contribution in [2.24, 2.45) is 0 Å². The Morgan fingerprint density at radius 2 is 1.84 bits per heavy atom. The van der Waals surface area contributed by atoms with E-state index in [4.69, 9.17) is 9.47 Å². The Bertz CT molecular complexity index is 1340. The summed E-state index contributed by atoms with van der Waals surface area (Å²) in [6, 6.07) is 21.8. The zero-order valence-electron chi connectivity index (χ0n) is 20.8. The summed E-state index contributed by atoms with van der Waals surface area (Å²) in [7, 11) is 3.24. The van der Waals surface area contributed by atoms with Gasteiger partial charge in [0.25, 0.3) is 0 Å². The van der Waals surface area contributed by atoms with E-state index in [9.17, 15) is 9.18 Å². The molecular formula is C28H29FN4O3S. The molecule has 1 N–H and O–H groups in total. The topological polar surface area (TPSA) is 78.3 Å². The molecule has 0 bridgehead atoms. The Morgan fingerprint density at radius 1 is 1.00 bits per heavy atom. The number of amides is 1. The number of methoxy groups -OCH3 is 2. The number of ether oxygens (including phenoxy) is 2. The number of thioether (sulfide) groups is 1. The smallest absolute Gasteiger partial charge is 0.220 e. The Kier molecular flexibility index (Phi) is 9.15. The molecule has 37 heavy (non-hydrogen) atoms. The average molecular weight is 521 g/mol. The largest absolute Gasteiger partial charge is 0.497 e. The van der Waals surface area contributed by atoms with Crippen LogP contribution < -0.4 is 14.8 Å². The van der Waals surface area contributed by atoms with E-state index in [2.05, 4.69) is 15.5 Å². The van der Waals surface area contributed by atoms with Crippen molar-refractivity contribution in [2.75, 3.05) is 14.2 Å². The number of nitrogens with zero attached hydrogens (tertiary/aromatic N) is 3. The van der Waals surface area contributed by atoms with Gasteiger partial charge in [0.15, 0.2) is 5.16 Å². The van der Waals surface area contributed by atoms with Gasteiger partial charge in [0, 0.05) is 36.8 Å². The molecule has 0 atom stereocenters. The first-order valence-electron chi connectivity index (χ1n) is 11.9. The van der Waals surface area contributed by atoms with Crippen LogP contribution >= 0.6 is 11.8 Å². The summed E-state index contributed by atoms with van der Waals surface area (Å²) < 4.78 is 26.3. The van der Waals surface area contributed by atoms with Crippen LogP contribution in [0.4, 0.5) is 4.39 Å². The molecule has 0 saturated carbocycles. The van der Waals surface area contributed by atoms with Crippen molar-refractivity contribution in [1.82, 2.24) is 20.1 Å². The lowest BCUT2D eigenvalue weighted by Crippen LogP contribution is -2.23. The van der Waals surface area contributed by atoms with Crippen LogP contribution in [-0.2, 0) is 23.5 Å². The number of nitrogens with one attached hydrogen (secondary N) is 1. The van der Waals surface area contributed by atoms with Gasteiger partial charge in [-0.3, -0.25) is 9.36 Å². The molecule has 0 fully saturated rings. The summed E-state index contributed by atoms with van der Waals surface area (Å²) in [5, 5.41) is 12.5. The van der Waals surface area contributed by atoms with E-state index < -0.39 is 0 Å². The second kappa shape index (κ2) is 12.9. The van der Waals surface area contributed by atoms with Crippen LogP contribution in [-0.4, -0.2) is 34.9 Å². The van der Waals surface area contributed by atoms with Gasteiger partial charge >= 0.3 is 0 Å². The minimum absolute atomic E-state index is 0.0425. The van der Waals surface area contributed by atoms with Gasteiger partial charge in [0.2, 0.25) is 5.91 Å². The molecule has 1 heterocycles. The molecule has 7 nitrogen and oxygen atoms in total. The van der Waals surface area contributed by atoms with E-state index in [0.29, 0.717) is 42.5 Å². The number of hydrogen-bond acceptors (Lipinski definition) is 6. The molecule has 9 heteroatoms. The van der Waals surface area contributed by atoms with E-state index in [1.54, 1.807) is 20.3 Å². The molecule has 0 unspecified atom stereocenters. The second-order valence-electron chi connectivity index (χ2n) is 8.30. The van der Waals surface area contributed by atoms with Crippen molar-refractivity contribution >= 4 is 17.7 Å². The lowest BCUT2D eigenvalue weighted by Gasteiger charge is -2.12. The lowest BCUT2D eigenvalue weighted by molar-refractivity contribution is -0.121. The van der Waals surface area contributed by atoms with Crippen molar-refractivity contribution in [3.05, 3.63) is 95.6 Å². The maximum atomic E-state index is 13.6. The summed E-state index contributed by atoms with van der Waals surface area (Å²) in [6.45, 7) is 0.406. The van der Waals surface area contributed by atoms with Crippen molar-refractivity contribution in [3.63, 3.8) is 0 Å². The van der Waals surface area contributed by atoms with Crippen molar-refractivity contribution in [2.45, 2.75) is 36.7 Å². The van der Waals surface area contributed by atoms with Crippen LogP contribution in [0.1, 0.15) is 29.8 Å². The van der Waals surface area contributed by atoms with Gasteiger partial charge in [-0.1, -0.05) is 48.2 Å². The summed E-state index contributed by atoms with van der Waals surface area (Å²) >= 11 is 1.48. The maximum absolute atomic E-state index is 13.6. The summed E-state index contributed by atoms with van der Waals surface area (Å²) in [4.78, 5) is 12.5.